The Labute approximate surface area is 155 Å². The molecule has 0 amide bonds. The highest BCUT2D eigenvalue weighted by molar-refractivity contribution is 7.10. The molecule has 0 saturated carbocycles. The van der Waals surface area contributed by atoms with Crippen molar-refractivity contribution in [2.45, 2.75) is 32.6 Å². The summed E-state index contributed by atoms with van der Waals surface area (Å²) in [6.07, 6.45) is 0. The molecule has 1 atom stereocenters. The number of guanidine groups is 1. The Morgan fingerprint density at radius 1 is 1.31 bits per heavy atom. The van der Waals surface area contributed by atoms with Crippen molar-refractivity contribution in [3.8, 4) is 5.75 Å². The van der Waals surface area contributed by atoms with Crippen LogP contribution in [0.15, 0.2) is 46.8 Å². The summed E-state index contributed by atoms with van der Waals surface area (Å²) in [6, 6.07) is 10.2. The van der Waals surface area contributed by atoms with E-state index >= 15 is 0 Å². The van der Waals surface area contributed by atoms with E-state index < -0.39 is 12.2 Å². The van der Waals surface area contributed by atoms with Crippen LogP contribution < -0.4 is 15.4 Å². The average Bonchev–Trinajstić information content (AvgIpc) is 3.13. The summed E-state index contributed by atoms with van der Waals surface area (Å²) in [5.74, 6) is 0.635. The number of alkyl halides is 2. The van der Waals surface area contributed by atoms with Crippen LogP contribution in [0.25, 0.3) is 0 Å². The summed E-state index contributed by atoms with van der Waals surface area (Å²) in [7, 11) is 0. The first kappa shape index (κ1) is 20.1. The summed E-state index contributed by atoms with van der Waals surface area (Å²) in [5.41, 5.74) is -0.277. The number of nitrogens with one attached hydrogen (secondary N) is 2. The van der Waals surface area contributed by atoms with Crippen molar-refractivity contribution in [1.82, 2.24) is 10.6 Å². The predicted molar refractivity (Wildman–Crippen MR) is 99.8 cm³/mol. The Bertz CT molecular complexity index is 706. The highest BCUT2D eigenvalue weighted by atomic mass is 32.1. The molecule has 0 saturated heterocycles. The zero-order chi connectivity index (χ0) is 19.0. The molecule has 1 heterocycles. The molecular formula is C18H23F2N3O2S. The molecule has 26 heavy (non-hydrogen) atoms. The van der Waals surface area contributed by atoms with Crippen LogP contribution in [0.2, 0.25) is 0 Å². The van der Waals surface area contributed by atoms with Gasteiger partial charge in [0.25, 0.3) is 0 Å². The second kappa shape index (κ2) is 9.49. The van der Waals surface area contributed by atoms with E-state index in [1.807, 2.05) is 24.4 Å². The lowest BCUT2D eigenvalue weighted by Gasteiger charge is -2.23. The monoisotopic (exact) mass is 383 g/mol. The third-order valence-corrected chi connectivity index (χ3v) is 4.66. The van der Waals surface area contributed by atoms with Crippen LogP contribution in [0, 0.1) is 0 Å². The fourth-order valence-corrected chi connectivity index (χ4v) is 3.05. The molecule has 1 aromatic carbocycles. The highest BCUT2D eigenvalue weighted by Crippen LogP contribution is 2.24. The zero-order valence-electron chi connectivity index (χ0n) is 14.7. The largest absolute Gasteiger partial charge is 0.435 e. The number of hydrogen-bond acceptors (Lipinski definition) is 4. The fraction of sp³-hybridized carbons (Fsp3) is 0.389. The molecule has 5 nitrogen and oxygen atoms in total. The Morgan fingerprint density at radius 3 is 2.77 bits per heavy atom. The van der Waals surface area contributed by atoms with Crippen LogP contribution >= 0.6 is 11.3 Å². The summed E-state index contributed by atoms with van der Waals surface area (Å²) < 4.78 is 29.0. The molecule has 2 rings (SSSR count). The first-order valence-electron chi connectivity index (χ1n) is 8.23. The van der Waals surface area contributed by atoms with Gasteiger partial charge in [0.05, 0.1) is 13.1 Å². The maximum Gasteiger partial charge on any atom is 0.387 e. The molecule has 0 radical (unpaired) electrons. The lowest BCUT2D eigenvalue weighted by Crippen LogP contribution is -2.44. The van der Waals surface area contributed by atoms with Gasteiger partial charge in [0, 0.05) is 11.4 Å². The zero-order valence-corrected chi connectivity index (χ0v) is 15.5. The topological polar surface area (TPSA) is 65.9 Å². The summed E-state index contributed by atoms with van der Waals surface area (Å²) in [5, 5.41) is 18.7. The van der Waals surface area contributed by atoms with E-state index in [2.05, 4.69) is 20.4 Å². The Kier molecular flexibility index (Phi) is 7.35. The van der Waals surface area contributed by atoms with Gasteiger partial charge in [0.15, 0.2) is 5.96 Å². The van der Waals surface area contributed by atoms with Gasteiger partial charge >= 0.3 is 6.61 Å². The minimum Gasteiger partial charge on any atom is -0.435 e. The van der Waals surface area contributed by atoms with E-state index in [0.717, 1.165) is 10.4 Å². The SMILES string of the molecule is CCNC(=NCc1cccc(OC(F)F)c1)NCC(C)(O)c1cccs1. The molecule has 3 N–H and O–H groups in total. The van der Waals surface area contributed by atoms with E-state index in [1.54, 1.807) is 19.1 Å². The summed E-state index contributed by atoms with van der Waals surface area (Å²) in [4.78, 5) is 5.29. The van der Waals surface area contributed by atoms with Crippen LogP contribution in [-0.4, -0.2) is 30.8 Å². The molecule has 142 valence electrons. The van der Waals surface area contributed by atoms with Crippen molar-refractivity contribution in [3.63, 3.8) is 0 Å². The van der Waals surface area contributed by atoms with E-state index in [1.165, 1.54) is 23.5 Å². The lowest BCUT2D eigenvalue weighted by atomic mass is 10.1. The number of halogens is 2. The lowest BCUT2D eigenvalue weighted by molar-refractivity contribution is -0.0498. The number of benzene rings is 1. The minimum absolute atomic E-state index is 0.103. The van der Waals surface area contributed by atoms with Crippen LogP contribution in [0.4, 0.5) is 8.78 Å². The quantitative estimate of drug-likeness (QED) is 0.483. The molecule has 8 heteroatoms. The van der Waals surface area contributed by atoms with E-state index in [4.69, 9.17) is 0 Å². The van der Waals surface area contributed by atoms with E-state index in [-0.39, 0.29) is 18.8 Å². The summed E-state index contributed by atoms with van der Waals surface area (Å²) >= 11 is 1.49. The van der Waals surface area contributed by atoms with Gasteiger partial charge in [-0.1, -0.05) is 18.2 Å². The predicted octanol–water partition coefficient (Wildman–Crippen LogP) is 3.31. The van der Waals surface area contributed by atoms with Crippen molar-refractivity contribution in [3.05, 3.63) is 52.2 Å². The van der Waals surface area contributed by atoms with Gasteiger partial charge in [-0.25, -0.2) is 4.99 Å². The van der Waals surface area contributed by atoms with Gasteiger partial charge in [-0.15, -0.1) is 11.3 Å². The molecule has 0 aliphatic carbocycles. The highest BCUT2D eigenvalue weighted by Gasteiger charge is 2.24. The Morgan fingerprint density at radius 2 is 2.12 bits per heavy atom. The maximum atomic E-state index is 12.3. The second-order valence-corrected chi connectivity index (χ2v) is 6.77. The molecule has 1 unspecified atom stereocenters. The first-order valence-corrected chi connectivity index (χ1v) is 9.11. The minimum atomic E-state index is -2.85. The molecular weight excluding hydrogens is 360 g/mol. The van der Waals surface area contributed by atoms with Crippen molar-refractivity contribution in [2.75, 3.05) is 13.1 Å². The molecule has 1 aromatic heterocycles. The van der Waals surface area contributed by atoms with Gasteiger partial charge < -0.3 is 20.5 Å². The number of nitrogens with zero attached hydrogens (tertiary/aromatic N) is 1. The number of thiophene rings is 1. The Balaban J connectivity index is 2.00. The van der Waals surface area contributed by atoms with Crippen molar-refractivity contribution >= 4 is 17.3 Å². The average molecular weight is 383 g/mol. The maximum absolute atomic E-state index is 12.3. The van der Waals surface area contributed by atoms with E-state index in [0.29, 0.717) is 12.5 Å². The second-order valence-electron chi connectivity index (χ2n) is 5.83. The van der Waals surface area contributed by atoms with Gasteiger partial charge in [0.2, 0.25) is 0 Å². The molecule has 2 aromatic rings. The number of rotatable bonds is 8. The molecule has 0 spiro atoms. The van der Waals surface area contributed by atoms with Gasteiger partial charge in [-0.2, -0.15) is 8.78 Å². The standard InChI is InChI=1S/C18H23F2N3O2S/c1-3-21-17(23-12-18(2,24)15-8-5-9-26-15)22-11-13-6-4-7-14(10-13)25-16(19)20/h4-10,16,24H,3,11-12H2,1-2H3,(H2,21,22,23). The van der Waals surface area contributed by atoms with Crippen molar-refractivity contribution in [2.24, 2.45) is 4.99 Å². The number of aliphatic imine (C=N–C) groups is 1. The molecule has 0 aliphatic heterocycles. The number of ether oxygens (including phenoxy) is 1. The molecule has 0 bridgehead atoms. The summed E-state index contributed by atoms with van der Waals surface area (Å²) in [6.45, 7) is 2.05. The van der Waals surface area contributed by atoms with Crippen molar-refractivity contribution in [1.29, 1.82) is 0 Å². The third kappa shape index (κ3) is 6.27. The van der Waals surface area contributed by atoms with Crippen LogP contribution in [0.5, 0.6) is 5.75 Å². The van der Waals surface area contributed by atoms with Crippen LogP contribution in [0.1, 0.15) is 24.3 Å². The first-order chi connectivity index (χ1) is 12.4. The fourth-order valence-electron chi connectivity index (χ4n) is 2.26. The Hall–Kier alpha value is -2.19. The smallest absolute Gasteiger partial charge is 0.387 e. The van der Waals surface area contributed by atoms with Gasteiger partial charge in [0.1, 0.15) is 11.4 Å². The third-order valence-electron chi connectivity index (χ3n) is 3.54. The molecule has 0 fully saturated rings. The van der Waals surface area contributed by atoms with Crippen LogP contribution in [0.3, 0.4) is 0 Å². The van der Waals surface area contributed by atoms with Gasteiger partial charge in [-0.05, 0) is 43.0 Å². The molecule has 0 aliphatic rings. The number of aliphatic hydroxyl groups is 1. The number of hydrogen-bond donors (Lipinski definition) is 3. The van der Waals surface area contributed by atoms with Crippen LogP contribution in [-0.2, 0) is 12.1 Å². The van der Waals surface area contributed by atoms with Crippen molar-refractivity contribution < 1.29 is 18.6 Å². The van der Waals surface area contributed by atoms with E-state index in [9.17, 15) is 13.9 Å². The van der Waals surface area contributed by atoms with Gasteiger partial charge in [-0.3, -0.25) is 0 Å². The normalized spacial score (nSPS) is 14.2.